The molecule has 0 radical (unpaired) electrons. The van der Waals surface area contributed by atoms with Crippen LogP contribution in [0.25, 0.3) is 22.2 Å². The minimum absolute atomic E-state index is 0.250. The van der Waals surface area contributed by atoms with Crippen LogP contribution in [0.3, 0.4) is 0 Å². The van der Waals surface area contributed by atoms with Crippen LogP contribution >= 0.6 is 12.2 Å². The van der Waals surface area contributed by atoms with Gasteiger partial charge < -0.3 is 25.0 Å². The molecule has 1 saturated heterocycles. The van der Waals surface area contributed by atoms with Crippen molar-refractivity contribution in [3.8, 4) is 17.0 Å². The predicted molar refractivity (Wildman–Crippen MR) is 166 cm³/mol. The number of halogens is 3. The molecular formula is C31H31F3N6O3S. The third kappa shape index (κ3) is 6.99. The second-order valence-electron chi connectivity index (χ2n) is 10.8. The van der Waals surface area contributed by atoms with Gasteiger partial charge in [0.2, 0.25) is 0 Å². The number of nitrogens with zero attached hydrogens (tertiary/aromatic N) is 5. The number of aliphatic carboxylic acids is 1. The van der Waals surface area contributed by atoms with E-state index in [1.165, 1.54) is 5.56 Å². The van der Waals surface area contributed by atoms with Gasteiger partial charge in [-0.2, -0.15) is 13.2 Å². The van der Waals surface area contributed by atoms with E-state index in [2.05, 4.69) is 80.5 Å². The molecule has 2 aromatic carbocycles. The van der Waals surface area contributed by atoms with Crippen molar-refractivity contribution in [2.45, 2.75) is 32.5 Å². The van der Waals surface area contributed by atoms with Crippen molar-refractivity contribution in [3.63, 3.8) is 0 Å². The molecule has 2 aliphatic heterocycles. The number of piperazine rings is 1. The Bertz CT molecular complexity index is 1650. The van der Waals surface area contributed by atoms with Crippen LogP contribution in [0.2, 0.25) is 0 Å². The monoisotopic (exact) mass is 624 g/mol. The summed E-state index contributed by atoms with van der Waals surface area (Å²) in [6.07, 6.45) is -2.32. The molecule has 0 aliphatic carbocycles. The van der Waals surface area contributed by atoms with Crippen molar-refractivity contribution in [1.29, 1.82) is 0 Å². The van der Waals surface area contributed by atoms with Crippen LogP contribution in [-0.4, -0.2) is 74.7 Å². The Morgan fingerprint density at radius 1 is 1.09 bits per heavy atom. The Hall–Kier alpha value is -4.52. The Morgan fingerprint density at radius 2 is 1.89 bits per heavy atom. The summed E-state index contributed by atoms with van der Waals surface area (Å²) in [7, 11) is 0. The molecule has 13 heteroatoms. The number of hydrogen-bond acceptors (Lipinski definition) is 7. The number of carboxylic acid groups (broad SMARTS) is 1. The highest BCUT2D eigenvalue weighted by Crippen LogP contribution is 2.30. The first-order valence-electron chi connectivity index (χ1n) is 14.1. The summed E-state index contributed by atoms with van der Waals surface area (Å²) < 4.78 is 37.4. The molecule has 230 valence electrons. The van der Waals surface area contributed by atoms with Gasteiger partial charge in [-0.15, -0.1) is 10.2 Å². The highest BCUT2D eigenvalue weighted by atomic mass is 32.1. The van der Waals surface area contributed by atoms with E-state index in [9.17, 15) is 13.2 Å². The zero-order chi connectivity index (χ0) is 31.4. The number of benzene rings is 2. The average molecular weight is 625 g/mol. The minimum Gasteiger partial charge on any atom is -0.493 e. The highest BCUT2D eigenvalue weighted by molar-refractivity contribution is 7.80. The van der Waals surface area contributed by atoms with Gasteiger partial charge in [-0.25, -0.2) is 4.79 Å². The van der Waals surface area contributed by atoms with Crippen LogP contribution in [0, 0.1) is 5.92 Å². The summed E-state index contributed by atoms with van der Waals surface area (Å²) in [5.41, 5.74) is 5.14. The number of carboxylic acids is 1. The number of nitrogens with one attached hydrogen (secondary N) is 1. The van der Waals surface area contributed by atoms with Crippen LogP contribution in [0.1, 0.15) is 19.4 Å². The molecule has 2 aliphatic rings. The predicted octanol–water partition coefficient (Wildman–Crippen LogP) is 5.80. The second-order valence-corrected chi connectivity index (χ2v) is 11.1. The van der Waals surface area contributed by atoms with Gasteiger partial charge >= 0.3 is 12.1 Å². The zero-order valence-corrected chi connectivity index (χ0v) is 24.9. The largest absolute Gasteiger partial charge is 0.493 e. The summed E-state index contributed by atoms with van der Waals surface area (Å²) in [5.74, 6) is -0.460. The summed E-state index contributed by atoms with van der Waals surface area (Å²) in [5, 5.41) is 21.6. The number of pyridine rings is 1. The summed E-state index contributed by atoms with van der Waals surface area (Å²) in [6, 6.07) is 20.8. The lowest BCUT2D eigenvalue weighted by Crippen LogP contribution is -2.58. The van der Waals surface area contributed by atoms with Gasteiger partial charge in [0.05, 0.1) is 23.9 Å². The Labute approximate surface area is 257 Å². The molecule has 0 saturated carbocycles. The van der Waals surface area contributed by atoms with Crippen molar-refractivity contribution in [1.82, 2.24) is 20.1 Å². The first-order chi connectivity index (χ1) is 21.0. The van der Waals surface area contributed by atoms with Gasteiger partial charge in [-0.3, -0.25) is 4.98 Å². The fourth-order valence-corrected chi connectivity index (χ4v) is 5.57. The number of fused-ring (bicyclic) bond motifs is 2. The molecule has 2 aromatic heterocycles. The van der Waals surface area contributed by atoms with Gasteiger partial charge in [0.25, 0.3) is 0 Å². The first kappa shape index (κ1) is 30.9. The standard InChI is InChI=1S/C29H30N6OS.C2HF3O2/c1-19(2)26-18-34(28-11-9-23(32-33-28)20-8-10-27-21(17-20)12-16-36-27)14-15-35(26)29(37)31-25-7-3-6-24-22(25)5-4-13-30-24;3-2(4,5)1(6)7/h3-11,13,17,19,26H,12,14-16,18H2,1-2H3,(H,31,37);(H,6,7). The minimum atomic E-state index is -5.08. The zero-order valence-electron chi connectivity index (χ0n) is 24.1. The van der Waals surface area contributed by atoms with E-state index in [1.807, 2.05) is 30.5 Å². The van der Waals surface area contributed by atoms with E-state index in [1.54, 1.807) is 0 Å². The van der Waals surface area contributed by atoms with Gasteiger partial charge in [0.15, 0.2) is 10.9 Å². The van der Waals surface area contributed by atoms with Crippen LogP contribution in [-0.2, 0) is 11.2 Å². The number of thiocarbonyl (C=S) groups is 1. The molecule has 6 rings (SSSR count). The van der Waals surface area contributed by atoms with Gasteiger partial charge in [-0.05, 0) is 78.3 Å². The number of anilines is 2. The molecule has 44 heavy (non-hydrogen) atoms. The van der Waals surface area contributed by atoms with Gasteiger partial charge in [0.1, 0.15) is 5.75 Å². The second kappa shape index (κ2) is 13.0. The number of rotatable bonds is 4. The van der Waals surface area contributed by atoms with Crippen LogP contribution in [0.5, 0.6) is 5.75 Å². The van der Waals surface area contributed by atoms with E-state index in [4.69, 9.17) is 26.9 Å². The van der Waals surface area contributed by atoms with Crippen LogP contribution in [0.15, 0.2) is 66.9 Å². The maximum Gasteiger partial charge on any atom is 0.490 e. The Kier molecular flexibility index (Phi) is 9.14. The maximum absolute atomic E-state index is 10.6. The van der Waals surface area contributed by atoms with E-state index in [0.717, 1.165) is 77.2 Å². The Balaban J connectivity index is 0.000000493. The average Bonchev–Trinajstić information content (AvgIpc) is 3.49. The lowest BCUT2D eigenvalue weighted by atomic mass is 10.00. The Morgan fingerprint density at radius 3 is 2.59 bits per heavy atom. The topological polar surface area (TPSA) is 104 Å². The van der Waals surface area contributed by atoms with E-state index in [0.29, 0.717) is 5.92 Å². The summed E-state index contributed by atoms with van der Waals surface area (Å²) in [6.45, 7) is 7.72. The van der Waals surface area contributed by atoms with Crippen molar-refractivity contribution >= 4 is 45.7 Å². The number of alkyl halides is 3. The molecule has 2 N–H and O–H groups in total. The fraction of sp³-hybridized carbons (Fsp3) is 0.323. The van der Waals surface area contributed by atoms with E-state index in [-0.39, 0.29) is 6.04 Å². The molecular weight excluding hydrogens is 593 g/mol. The third-order valence-corrected chi connectivity index (χ3v) is 7.88. The lowest BCUT2D eigenvalue weighted by Gasteiger charge is -2.45. The van der Waals surface area contributed by atoms with Gasteiger partial charge in [0, 0.05) is 48.9 Å². The third-order valence-electron chi connectivity index (χ3n) is 7.54. The smallest absolute Gasteiger partial charge is 0.490 e. The molecule has 0 amide bonds. The lowest BCUT2D eigenvalue weighted by molar-refractivity contribution is -0.192. The SMILES string of the molecule is CC(C)C1CN(c2ccc(-c3ccc4c(c3)CCO4)nn2)CCN1C(=S)Nc1cccc2ncccc12.O=C(O)C(F)(F)F. The molecule has 0 spiro atoms. The fourth-order valence-electron chi connectivity index (χ4n) is 5.23. The normalized spacial score (nSPS) is 16.2. The maximum atomic E-state index is 10.6. The molecule has 9 nitrogen and oxygen atoms in total. The molecule has 0 bridgehead atoms. The van der Waals surface area contributed by atoms with Gasteiger partial charge in [-0.1, -0.05) is 19.9 Å². The van der Waals surface area contributed by atoms with Crippen LogP contribution < -0.4 is 15.0 Å². The molecule has 1 atom stereocenters. The number of ether oxygens (including phenoxy) is 1. The number of aromatic nitrogens is 3. The molecule has 4 aromatic rings. The molecule has 1 fully saturated rings. The van der Waals surface area contributed by atoms with Crippen molar-refractivity contribution in [2.75, 3.05) is 36.5 Å². The molecule has 1 unspecified atom stereocenters. The molecule has 4 heterocycles. The van der Waals surface area contributed by atoms with Crippen molar-refractivity contribution in [2.24, 2.45) is 5.92 Å². The highest BCUT2D eigenvalue weighted by Gasteiger charge is 2.38. The van der Waals surface area contributed by atoms with Crippen molar-refractivity contribution in [3.05, 3.63) is 72.4 Å². The van der Waals surface area contributed by atoms with E-state index < -0.39 is 12.1 Å². The van der Waals surface area contributed by atoms with Crippen molar-refractivity contribution < 1.29 is 27.8 Å². The summed E-state index contributed by atoms with van der Waals surface area (Å²) >= 11 is 5.91. The quantitative estimate of drug-likeness (QED) is 0.271. The number of carbonyl (C=O) groups is 1. The summed E-state index contributed by atoms with van der Waals surface area (Å²) in [4.78, 5) is 18.0. The van der Waals surface area contributed by atoms with Crippen LogP contribution in [0.4, 0.5) is 24.7 Å². The number of hydrogen-bond donors (Lipinski definition) is 2. The van der Waals surface area contributed by atoms with E-state index >= 15 is 0 Å². The first-order valence-corrected chi connectivity index (χ1v) is 14.5.